The molecule has 174 valence electrons. The molecule has 1 aliphatic carbocycles. The summed E-state index contributed by atoms with van der Waals surface area (Å²) in [6, 6.07) is 10.5. The van der Waals surface area contributed by atoms with E-state index in [0.717, 1.165) is 30.9 Å². The molecule has 0 spiro atoms. The van der Waals surface area contributed by atoms with Crippen LogP contribution in [-0.4, -0.2) is 42.6 Å². The van der Waals surface area contributed by atoms with E-state index in [0.29, 0.717) is 12.8 Å². The van der Waals surface area contributed by atoms with Crippen LogP contribution in [-0.2, 0) is 27.7 Å². The number of carbonyl (C=O) groups is 2. The highest BCUT2D eigenvalue weighted by Crippen LogP contribution is 2.28. The number of nitro benzene ring substituents is 1. The fourth-order valence-electron chi connectivity index (χ4n) is 4.27. The van der Waals surface area contributed by atoms with Crippen LogP contribution >= 0.6 is 0 Å². The maximum absolute atomic E-state index is 13.0. The smallest absolute Gasteiger partial charge is 0.270 e. The first-order valence-electron chi connectivity index (χ1n) is 10.7. The molecule has 4 rings (SSSR count). The van der Waals surface area contributed by atoms with Crippen molar-refractivity contribution >= 4 is 27.5 Å². The maximum atomic E-state index is 13.0. The largest absolute Gasteiger partial charge is 0.273 e. The third-order valence-corrected chi connectivity index (χ3v) is 8.05. The van der Waals surface area contributed by atoms with Crippen LogP contribution in [0.2, 0.25) is 0 Å². The molecule has 2 aromatic rings. The summed E-state index contributed by atoms with van der Waals surface area (Å²) in [6.07, 6.45) is 3.55. The van der Waals surface area contributed by atoms with Gasteiger partial charge in [0.15, 0.2) is 0 Å². The molecule has 0 bridgehead atoms. The number of amides is 2. The summed E-state index contributed by atoms with van der Waals surface area (Å²) in [4.78, 5) is 35.2. The number of fused-ring (bicyclic) bond motifs is 1. The molecule has 2 aliphatic rings. The number of benzene rings is 2. The van der Waals surface area contributed by atoms with Crippen molar-refractivity contribution in [3.63, 3.8) is 0 Å². The monoisotopic (exact) mass is 472 g/mol. The van der Waals surface area contributed by atoms with Crippen molar-refractivity contribution in [2.45, 2.75) is 37.0 Å². The Balaban J connectivity index is 1.31. The van der Waals surface area contributed by atoms with Gasteiger partial charge in [-0.05, 0) is 61.4 Å². The van der Waals surface area contributed by atoms with E-state index in [1.54, 1.807) is 12.1 Å². The molecule has 1 heterocycles. The van der Waals surface area contributed by atoms with E-state index in [4.69, 9.17) is 0 Å². The predicted octanol–water partition coefficient (Wildman–Crippen LogP) is 1.95. The Morgan fingerprint density at radius 1 is 1.00 bits per heavy atom. The topological polar surface area (TPSA) is 139 Å². The molecule has 10 nitrogen and oxygen atoms in total. The van der Waals surface area contributed by atoms with Crippen molar-refractivity contribution in [3.05, 3.63) is 69.3 Å². The van der Waals surface area contributed by atoms with Crippen LogP contribution in [0.4, 0.5) is 5.69 Å². The Morgan fingerprint density at radius 3 is 2.45 bits per heavy atom. The highest BCUT2D eigenvalue weighted by molar-refractivity contribution is 7.89. The van der Waals surface area contributed by atoms with Gasteiger partial charge in [0, 0.05) is 36.7 Å². The van der Waals surface area contributed by atoms with Gasteiger partial charge in [0.1, 0.15) is 0 Å². The van der Waals surface area contributed by atoms with E-state index in [1.807, 2.05) is 6.07 Å². The second-order valence-electron chi connectivity index (χ2n) is 8.21. The van der Waals surface area contributed by atoms with Crippen molar-refractivity contribution in [1.29, 1.82) is 0 Å². The summed E-state index contributed by atoms with van der Waals surface area (Å²) in [6.45, 7) is 0.409. The molecule has 1 saturated heterocycles. The van der Waals surface area contributed by atoms with Crippen LogP contribution in [0, 0.1) is 16.0 Å². The zero-order valence-electron chi connectivity index (χ0n) is 17.8. The van der Waals surface area contributed by atoms with Crippen LogP contribution in [0.25, 0.3) is 0 Å². The lowest BCUT2D eigenvalue weighted by atomic mass is 9.98. The van der Waals surface area contributed by atoms with Gasteiger partial charge in [-0.1, -0.05) is 12.1 Å². The standard InChI is InChI=1S/C22H24N4O6S/c27-21(23-24-22(28)18-5-2-6-19(13-18)26(29)30)16-9-11-25(12-10-16)33(31,32)20-8-7-15-3-1-4-17(15)14-20/h2,5-8,13-14,16H,1,3-4,9-12H2,(H,23,27)(H,24,28). The molecule has 11 heteroatoms. The first kappa shape index (κ1) is 22.9. The van der Waals surface area contributed by atoms with E-state index >= 15 is 0 Å². The molecule has 0 saturated carbocycles. The molecule has 0 atom stereocenters. The number of piperidine rings is 1. The number of nitro groups is 1. The number of aryl methyl sites for hydroxylation is 2. The van der Waals surface area contributed by atoms with Gasteiger partial charge >= 0.3 is 0 Å². The van der Waals surface area contributed by atoms with Crippen molar-refractivity contribution in [3.8, 4) is 0 Å². The Labute approximate surface area is 191 Å². The number of non-ortho nitro benzene ring substituents is 1. The van der Waals surface area contributed by atoms with Gasteiger partial charge < -0.3 is 0 Å². The Morgan fingerprint density at radius 2 is 1.73 bits per heavy atom. The first-order valence-corrected chi connectivity index (χ1v) is 12.2. The SMILES string of the molecule is O=C(NNC(=O)C1CCN(S(=O)(=O)c2ccc3c(c2)CCC3)CC1)c1cccc([N+](=O)[O-])c1. The lowest BCUT2D eigenvalue weighted by Crippen LogP contribution is -2.48. The van der Waals surface area contributed by atoms with Gasteiger partial charge in [0.25, 0.3) is 11.6 Å². The van der Waals surface area contributed by atoms with Crippen molar-refractivity contribution < 1.29 is 22.9 Å². The number of rotatable bonds is 5. The summed E-state index contributed by atoms with van der Waals surface area (Å²) in [5.74, 6) is -1.56. The summed E-state index contributed by atoms with van der Waals surface area (Å²) >= 11 is 0. The fourth-order valence-corrected chi connectivity index (χ4v) is 5.79. The third-order valence-electron chi connectivity index (χ3n) is 6.15. The highest BCUT2D eigenvalue weighted by atomic mass is 32.2. The van der Waals surface area contributed by atoms with Crippen molar-refractivity contribution in [2.75, 3.05) is 13.1 Å². The number of hydrazine groups is 1. The molecule has 2 N–H and O–H groups in total. The van der Waals surface area contributed by atoms with Gasteiger partial charge in [-0.15, -0.1) is 0 Å². The summed E-state index contributed by atoms with van der Waals surface area (Å²) in [7, 11) is -3.63. The molecular weight excluding hydrogens is 448 g/mol. The highest BCUT2D eigenvalue weighted by Gasteiger charge is 2.32. The normalized spacial score (nSPS) is 16.7. The number of nitrogens with zero attached hydrogens (tertiary/aromatic N) is 2. The molecule has 33 heavy (non-hydrogen) atoms. The molecule has 2 amide bonds. The molecule has 0 unspecified atom stereocenters. The zero-order chi connectivity index (χ0) is 23.6. The molecular formula is C22H24N4O6S. The van der Waals surface area contributed by atoms with Crippen molar-refractivity contribution in [2.24, 2.45) is 5.92 Å². The van der Waals surface area contributed by atoms with E-state index in [2.05, 4.69) is 10.9 Å². The number of hydrogen-bond donors (Lipinski definition) is 2. The van der Waals surface area contributed by atoms with Gasteiger partial charge in [0.2, 0.25) is 15.9 Å². The van der Waals surface area contributed by atoms with Crippen LogP contribution in [0.5, 0.6) is 0 Å². The lowest BCUT2D eigenvalue weighted by Gasteiger charge is -2.30. The van der Waals surface area contributed by atoms with Gasteiger partial charge in [0.05, 0.1) is 9.82 Å². The fraction of sp³-hybridized carbons (Fsp3) is 0.364. The van der Waals surface area contributed by atoms with Crippen LogP contribution < -0.4 is 10.9 Å². The molecule has 1 aliphatic heterocycles. The number of nitrogens with one attached hydrogen (secondary N) is 2. The van der Waals surface area contributed by atoms with Crippen LogP contribution in [0.15, 0.2) is 47.4 Å². The maximum Gasteiger partial charge on any atom is 0.270 e. The predicted molar refractivity (Wildman–Crippen MR) is 119 cm³/mol. The minimum atomic E-state index is -3.63. The van der Waals surface area contributed by atoms with E-state index in [9.17, 15) is 28.1 Å². The van der Waals surface area contributed by atoms with E-state index < -0.39 is 32.7 Å². The zero-order valence-corrected chi connectivity index (χ0v) is 18.6. The van der Waals surface area contributed by atoms with E-state index in [1.165, 1.54) is 28.1 Å². The Hall–Kier alpha value is -3.31. The summed E-state index contributed by atoms with van der Waals surface area (Å²) in [5, 5.41) is 10.8. The molecule has 0 aromatic heterocycles. The number of hydrogen-bond acceptors (Lipinski definition) is 6. The van der Waals surface area contributed by atoms with Crippen LogP contribution in [0.1, 0.15) is 40.7 Å². The molecule has 0 radical (unpaired) electrons. The van der Waals surface area contributed by atoms with Gasteiger partial charge in [-0.3, -0.25) is 30.6 Å². The summed E-state index contributed by atoms with van der Waals surface area (Å²) < 4.78 is 27.5. The Bertz CT molecular complexity index is 1210. The second-order valence-corrected chi connectivity index (χ2v) is 10.2. The summed E-state index contributed by atoms with van der Waals surface area (Å²) in [5.41, 5.74) is 6.70. The average molecular weight is 473 g/mol. The van der Waals surface area contributed by atoms with Gasteiger partial charge in [-0.2, -0.15) is 4.31 Å². The molecule has 2 aromatic carbocycles. The number of carbonyl (C=O) groups excluding carboxylic acids is 2. The van der Waals surface area contributed by atoms with Crippen LogP contribution in [0.3, 0.4) is 0 Å². The van der Waals surface area contributed by atoms with Gasteiger partial charge in [-0.25, -0.2) is 8.42 Å². The molecule has 1 fully saturated rings. The lowest BCUT2D eigenvalue weighted by molar-refractivity contribution is -0.384. The average Bonchev–Trinajstić information content (AvgIpc) is 3.30. The number of sulfonamides is 1. The second kappa shape index (κ2) is 9.28. The minimum absolute atomic E-state index is 0.0414. The van der Waals surface area contributed by atoms with E-state index in [-0.39, 0.29) is 29.2 Å². The first-order chi connectivity index (χ1) is 15.8. The minimum Gasteiger partial charge on any atom is -0.273 e. The third kappa shape index (κ3) is 4.88. The van der Waals surface area contributed by atoms with Crippen molar-refractivity contribution in [1.82, 2.24) is 15.2 Å². The Kier molecular flexibility index (Phi) is 6.43. The quantitative estimate of drug-likeness (QED) is 0.504.